The van der Waals surface area contributed by atoms with Crippen LogP contribution < -0.4 is 25.8 Å². The summed E-state index contributed by atoms with van der Waals surface area (Å²) in [4.78, 5) is 25.2. The molecule has 3 rings (SSSR count). The molecule has 0 saturated heterocycles. The second kappa shape index (κ2) is 10.9. The molecule has 6 N–H and O–H groups in total. The highest BCUT2D eigenvalue weighted by molar-refractivity contribution is 5.96. The van der Waals surface area contributed by atoms with E-state index in [2.05, 4.69) is 10.6 Å². The van der Waals surface area contributed by atoms with E-state index in [-0.39, 0.29) is 28.8 Å². The molecule has 176 valence electrons. The van der Waals surface area contributed by atoms with E-state index in [9.17, 15) is 14.7 Å². The standard InChI is InChI=1S/C25H26N4O5/c1-33-20-13-17(12-19(25(31)32)22(20)34-2)21(24(30)28-14-15-6-4-3-5-7-15)29-18-10-8-16(9-11-18)23(26)27/h3-13,21,29H,14H2,1-2H3,(H3,26,27)(H,28,30)(H,31,32). The molecule has 0 fully saturated rings. The van der Waals surface area contributed by atoms with Gasteiger partial charge < -0.3 is 30.9 Å². The minimum absolute atomic E-state index is 0.0630. The number of carboxylic acid groups (broad SMARTS) is 1. The largest absolute Gasteiger partial charge is 0.493 e. The zero-order valence-corrected chi connectivity index (χ0v) is 18.8. The van der Waals surface area contributed by atoms with Gasteiger partial charge in [0.1, 0.15) is 17.4 Å². The van der Waals surface area contributed by atoms with Gasteiger partial charge in [-0.3, -0.25) is 10.2 Å². The molecule has 0 spiro atoms. The minimum Gasteiger partial charge on any atom is -0.493 e. The molecule has 0 radical (unpaired) electrons. The van der Waals surface area contributed by atoms with Crippen molar-refractivity contribution in [3.63, 3.8) is 0 Å². The van der Waals surface area contributed by atoms with Crippen LogP contribution in [0.4, 0.5) is 5.69 Å². The van der Waals surface area contributed by atoms with Crippen LogP contribution in [0.3, 0.4) is 0 Å². The second-order valence-corrected chi connectivity index (χ2v) is 7.38. The van der Waals surface area contributed by atoms with E-state index in [1.165, 1.54) is 20.3 Å². The van der Waals surface area contributed by atoms with E-state index in [1.54, 1.807) is 30.3 Å². The number of nitrogen functional groups attached to an aromatic ring is 1. The fourth-order valence-corrected chi connectivity index (χ4v) is 3.41. The molecular weight excluding hydrogens is 436 g/mol. The van der Waals surface area contributed by atoms with Gasteiger partial charge in [-0.25, -0.2) is 4.79 Å². The number of hydrogen-bond donors (Lipinski definition) is 5. The summed E-state index contributed by atoms with van der Waals surface area (Å²) >= 11 is 0. The second-order valence-electron chi connectivity index (χ2n) is 7.38. The first-order chi connectivity index (χ1) is 16.3. The number of carboxylic acids is 1. The van der Waals surface area contributed by atoms with Crippen molar-refractivity contribution in [2.45, 2.75) is 12.6 Å². The number of anilines is 1. The molecule has 0 aliphatic rings. The Morgan fingerprint density at radius 3 is 2.26 bits per heavy atom. The Labute approximate surface area is 197 Å². The summed E-state index contributed by atoms with van der Waals surface area (Å²) in [6.07, 6.45) is 0. The van der Waals surface area contributed by atoms with Crippen LogP contribution in [0.5, 0.6) is 11.5 Å². The molecule has 0 aliphatic heterocycles. The number of nitrogens with two attached hydrogens (primary N) is 1. The van der Waals surface area contributed by atoms with Crippen LogP contribution in [-0.2, 0) is 11.3 Å². The highest BCUT2D eigenvalue weighted by Gasteiger charge is 2.26. The number of amides is 1. The number of ether oxygens (including phenoxy) is 2. The lowest BCUT2D eigenvalue weighted by Crippen LogP contribution is -2.33. The Morgan fingerprint density at radius 2 is 1.71 bits per heavy atom. The van der Waals surface area contributed by atoms with Gasteiger partial charge in [0.05, 0.1) is 14.2 Å². The van der Waals surface area contributed by atoms with Crippen molar-refractivity contribution in [2.24, 2.45) is 5.73 Å². The third-order valence-corrected chi connectivity index (χ3v) is 5.14. The summed E-state index contributed by atoms with van der Waals surface area (Å²) in [7, 11) is 2.74. The minimum atomic E-state index is -1.22. The first-order valence-corrected chi connectivity index (χ1v) is 10.4. The van der Waals surface area contributed by atoms with Crippen molar-refractivity contribution >= 4 is 23.4 Å². The van der Waals surface area contributed by atoms with Gasteiger partial charge in [-0.2, -0.15) is 0 Å². The van der Waals surface area contributed by atoms with Crippen LogP contribution in [0.25, 0.3) is 0 Å². The summed E-state index contributed by atoms with van der Waals surface area (Å²) in [6, 6.07) is 18.1. The Hall–Kier alpha value is -4.53. The highest BCUT2D eigenvalue weighted by Crippen LogP contribution is 2.35. The number of aromatic carboxylic acids is 1. The van der Waals surface area contributed by atoms with E-state index in [0.717, 1.165) is 5.56 Å². The van der Waals surface area contributed by atoms with Gasteiger partial charge in [-0.1, -0.05) is 30.3 Å². The van der Waals surface area contributed by atoms with Crippen molar-refractivity contribution in [3.05, 3.63) is 89.0 Å². The zero-order valence-electron chi connectivity index (χ0n) is 18.8. The van der Waals surface area contributed by atoms with E-state index < -0.39 is 12.0 Å². The third-order valence-electron chi connectivity index (χ3n) is 5.14. The van der Waals surface area contributed by atoms with Gasteiger partial charge in [0.15, 0.2) is 11.5 Å². The molecule has 1 amide bonds. The topological polar surface area (TPSA) is 147 Å². The maximum absolute atomic E-state index is 13.3. The average molecular weight is 463 g/mol. The van der Waals surface area contributed by atoms with Gasteiger partial charge in [-0.05, 0) is 47.5 Å². The molecule has 0 bridgehead atoms. The summed E-state index contributed by atoms with van der Waals surface area (Å²) in [5.74, 6) is -1.41. The number of methoxy groups -OCH3 is 2. The number of amidine groups is 1. The average Bonchev–Trinajstić information content (AvgIpc) is 2.85. The van der Waals surface area contributed by atoms with E-state index in [1.807, 2.05) is 30.3 Å². The summed E-state index contributed by atoms with van der Waals surface area (Å²) in [5, 5.41) is 23.3. The van der Waals surface area contributed by atoms with Crippen molar-refractivity contribution in [3.8, 4) is 11.5 Å². The van der Waals surface area contributed by atoms with Crippen LogP contribution in [0, 0.1) is 5.41 Å². The normalized spacial score (nSPS) is 11.2. The zero-order chi connectivity index (χ0) is 24.7. The molecule has 1 unspecified atom stereocenters. The molecule has 9 nitrogen and oxygen atoms in total. The smallest absolute Gasteiger partial charge is 0.339 e. The van der Waals surface area contributed by atoms with Crippen LogP contribution >= 0.6 is 0 Å². The van der Waals surface area contributed by atoms with Gasteiger partial charge in [-0.15, -0.1) is 0 Å². The summed E-state index contributed by atoms with van der Waals surface area (Å²) in [6.45, 7) is 0.292. The Kier molecular flexibility index (Phi) is 7.71. The van der Waals surface area contributed by atoms with Crippen LogP contribution in [0.1, 0.15) is 33.1 Å². The van der Waals surface area contributed by atoms with Crippen LogP contribution in [-0.4, -0.2) is 37.0 Å². The number of hydrogen-bond acceptors (Lipinski definition) is 6. The lowest BCUT2D eigenvalue weighted by atomic mass is 10.0. The molecule has 0 saturated carbocycles. The van der Waals surface area contributed by atoms with Crippen LogP contribution in [0.15, 0.2) is 66.7 Å². The lowest BCUT2D eigenvalue weighted by Gasteiger charge is -2.22. The predicted octanol–water partition coefficient (Wildman–Crippen LogP) is 3.16. The Morgan fingerprint density at radius 1 is 1.03 bits per heavy atom. The summed E-state index contributed by atoms with van der Waals surface area (Å²) in [5.41, 5.74) is 7.79. The molecule has 34 heavy (non-hydrogen) atoms. The third kappa shape index (κ3) is 5.63. The van der Waals surface area contributed by atoms with Crippen molar-refractivity contribution in [2.75, 3.05) is 19.5 Å². The van der Waals surface area contributed by atoms with Gasteiger partial charge >= 0.3 is 5.97 Å². The predicted molar refractivity (Wildman–Crippen MR) is 129 cm³/mol. The first-order valence-electron chi connectivity index (χ1n) is 10.4. The van der Waals surface area contributed by atoms with E-state index in [0.29, 0.717) is 23.4 Å². The molecule has 9 heteroatoms. The number of carbonyl (C=O) groups excluding carboxylic acids is 1. The Bertz CT molecular complexity index is 1180. The number of carbonyl (C=O) groups is 2. The van der Waals surface area contributed by atoms with Crippen molar-refractivity contribution < 1.29 is 24.2 Å². The fraction of sp³-hybridized carbons (Fsp3) is 0.160. The summed E-state index contributed by atoms with van der Waals surface area (Å²) < 4.78 is 10.6. The maximum Gasteiger partial charge on any atom is 0.339 e. The van der Waals surface area contributed by atoms with Gasteiger partial charge in [0.25, 0.3) is 0 Å². The molecule has 3 aromatic carbocycles. The number of rotatable bonds is 10. The molecule has 3 aromatic rings. The molecule has 0 aliphatic carbocycles. The SMILES string of the molecule is COc1cc(C(Nc2ccc(C(=N)N)cc2)C(=O)NCc2ccccc2)cc(C(=O)O)c1OC. The Balaban J connectivity index is 1.99. The van der Waals surface area contributed by atoms with Gasteiger partial charge in [0.2, 0.25) is 5.91 Å². The number of nitrogens with one attached hydrogen (secondary N) is 3. The maximum atomic E-state index is 13.3. The lowest BCUT2D eigenvalue weighted by molar-refractivity contribution is -0.122. The number of benzene rings is 3. The van der Waals surface area contributed by atoms with Crippen molar-refractivity contribution in [1.82, 2.24) is 5.32 Å². The fourth-order valence-electron chi connectivity index (χ4n) is 3.41. The molecular formula is C25H26N4O5. The van der Waals surface area contributed by atoms with E-state index >= 15 is 0 Å². The quantitative estimate of drug-likeness (QED) is 0.230. The van der Waals surface area contributed by atoms with Gasteiger partial charge in [0, 0.05) is 17.8 Å². The first kappa shape index (κ1) is 24.1. The molecule has 0 heterocycles. The highest BCUT2D eigenvalue weighted by atomic mass is 16.5. The van der Waals surface area contributed by atoms with Crippen LogP contribution in [0.2, 0.25) is 0 Å². The van der Waals surface area contributed by atoms with Crippen molar-refractivity contribution in [1.29, 1.82) is 5.41 Å². The van der Waals surface area contributed by atoms with E-state index in [4.69, 9.17) is 20.6 Å². The monoisotopic (exact) mass is 462 g/mol. The molecule has 0 aromatic heterocycles. The molecule has 1 atom stereocenters.